The number of ether oxygens (including phenoxy) is 1. The topological polar surface area (TPSA) is 78.8 Å². The fraction of sp³-hybridized carbons (Fsp3) is 0.323. The molecule has 2 heterocycles. The molecule has 0 saturated heterocycles. The smallest absolute Gasteiger partial charge is 0.251 e. The van der Waals surface area contributed by atoms with Gasteiger partial charge in [-0.15, -0.1) is 0 Å². The van der Waals surface area contributed by atoms with Crippen LogP contribution in [0.15, 0.2) is 72.9 Å². The van der Waals surface area contributed by atoms with E-state index in [9.17, 15) is 9.90 Å². The van der Waals surface area contributed by atoms with Crippen LogP contribution in [-0.4, -0.2) is 48.4 Å². The van der Waals surface area contributed by atoms with Crippen LogP contribution in [0.5, 0.6) is 5.75 Å². The molecule has 0 radical (unpaired) electrons. The Labute approximate surface area is 234 Å². The predicted octanol–water partition coefficient (Wildman–Crippen LogP) is 4.76. The third kappa shape index (κ3) is 6.08. The maximum atomic E-state index is 13.7. The van der Waals surface area contributed by atoms with Crippen LogP contribution >= 0.6 is 11.9 Å². The van der Waals surface area contributed by atoms with Gasteiger partial charge in [-0.2, -0.15) is 0 Å². The molecular weight excluding hydrogens is 508 g/mol. The fourth-order valence-electron chi connectivity index (χ4n) is 5.15. The highest BCUT2D eigenvalue weighted by Crippen LogP contribution is 2.39. The number of carbonyl (C=O) groups excluding carboxylic acids is 1. The van der Waals surface area contributed by atoms with Crippen LogP contribution in [0.2, 0.25) is 0 Å². The molecule has 1 aliphatic heterocycles. The van der Waals surface area contributed by atoms with E-state index in [1.54, 1.807) is 19.1 Å². The summed E-state index contributed by atoms with van der Waals surface area (Å²) in [5.41, 5.74) is 6.17. The average molecular weight is 545 g/mol. The molecule has 1 aromatic heterocycles. The standard InChI is InChI=1S/C31H36N4O3S/c1-4-23-19-35-20-39-34(2)28-16-24(15-26(23)30(28)35)31(37)33-27(14-21-9-6-5-7-10-21)29(36)18-32-17-22-11-8-12-25(13-22)38-3/h5-13,15-16,19,27,29,32,36H,4,14,17-18,20H2,1-3H3,(H,33,37)/t27-,29+/m0/s1. The first-order valence-electron chi connectivity index (χ1n) is 13.4. The molecule has 39 heavy (non-hydrogen) atoms. The number of anilines is 1. The first-order chi connectivity index (χ1) is 19.0. The molecule has 4 aromatic rings. The zero-order valence-electron chi connectivity index (χ0n) is 22.7. The summed E-state index contributed by atoms with van der Waals surface area (Å²) >= 11 is 1.72. The largest absolute Gasteiger partial charge is 0.497 e. The van der Waals surface area contributed by atoms with Crippen LogP contribution in [0.1, 0.15) is 34.0 Å². The average Bonchev–Trinajstić information content (AvgIpc) is 3.33. The number of aliphatic hydroxyl groups excluding tert-OH is 1. The van der Waals surface area contributed by atoms with E-state index in [2.05, 4.69) is 32.6 Å². The number of benzene rings is 3. The Morgan fingerprint density at radius 1 is 1.10 bits per heavy atom. The van der Waals surface area contributed by atoms with Crippen molar-refractivity contribution in [2.75, 3.05) is 25.0 Å². The molecule has 3 aromatic carbocycles. The second kappa shape index (κ2) is 12.2. The van der Waals surface area contributed by atoms with Gasteiger partial charge >= 0.3 is 0 Å². The van der Waals surface area contributed by atoms with E-state index in [1.165, 1.54) is 11.1 Å². The van der Waals surface area contributed by atoms with Gasteiger partial charge in [-0.3, -0.25) is 4.79 Å². The molecular formula is C31H36N4O3S. The number of methoxy groups -OCH3 is 1. The first kappa shape index (κ1) is 27.1. The SMILES string of the molecule is CCc1cn2c3c(cc(C(=O)N[C@@H](Cc4ccccc4)[C@H](O)CNCc4cccc(OC)c4)cc13)N(C)SC2. The van der Waals surface area contributed by atoms with E-state index in [1.807, 2.05) is 73.8 Å². The monoisotopic (exact) mass is 544 g/mol. The van der Waals surface area contributed by atoms with Crippen molar-refractivity contribution in [2.24, 2.45) is 0 Å². The van der Waals surface area contributed by atoms with Gasteiger partial charge in [0.1, 0.15) is 5.75 Å². The van der Waals surface area contributed by atoms with E-state index in [4.69, 9.17) is 4.74 Å². The van der Waals surface area contributed by atoms with E-state index >= 15 is 0 Å². The minimum atomic E-state index is -0.785. The van der Waals surface area contributed by atoms with Crippen LogP contribution in [0.25, 0.3) is 10.9 Å². The Kier molecular flexibility index (Phi) is 8.45. The van der Waals surface area contributed by atoms with Crippen LogP contribution in [0.4, 0.5) is 5.69 Å². The van der Waals surface area contributed by atoms with Crippen molar-refractivity contribution in [1.29, 1.82) is 0 Å². The molecule has 5 rings (SSSR count). The van der Waals surface area contributed by atoms with Crippen molar-refractivity contribution in [3.63, 3.8) is 0 Å². The quantitative estimate of drug-likeness (QED) is 0.236. The minimum absolute atomic E-state index is 0.181. The van der Waals surface area contributed by atoms with Crippen LogP contribution < -0.4 is 19.7 Å². The minimum Gasteiger partial charge on any atom is -0.497 e. The van der Waals surface area contributed by atoms with Crippen LogP contribution in [0.3, 0.4) is 0 Å². The second-order valence-corrected chi connectivity index (χ2v) is 11.0. The molecule has 0 aliphatic carbocycles. The lowest BCUT2D eigenvalue weighted by Gasteiger charge is -2.27. The highest BCUT2D eigenvalue weighted by molar-refractivity contribution is 7.99. The summed E-state index contributed by atoms with van der Waals surface area (Å²) in [6.07, 6.45) is 2.84. The number of amides is 1. The molecule has 0 fully saturated rings. The van der Waals surface area contributed by atoms with Crippen molar-refractivity contribution in [1.82, 2.24) is 15.2 Å². The Morgan fingerprint density at radius 3 is 2.67 bits per heavy atom. The molecule has 0 spiro atoms. The number of hydrogen-bond acceptors (Lipinski definition) is 6. The van der Waals surface area contributed by atoms with Gasteiger partial charge in [0.05, 0.1) is 36.3 Å². The van der Waals surface area contributed by atoms with Gasteiger partial charge in [-0.25, -0.2) is 0 Å². The summed E-state index contributed by atoms with van der Waals surface area (Å²) in [6, 6.07) is 21.3. The van der Waals surface area contributed by atoms with Crippen molar-refractivity contribution in [2.45, 2.75) is 44.3 Å². The molecule has 0 saturated carbocycles. The van der Waals surface area contributed by atoms with Gasteiger partial charge < -0.3 is 29.3 Å². The molecule has 2 atom stereocenters. The normalized spacial score (nSPS) is 14.3. The maximum Gasteiger partial charge on any atom is 0.251 e. The molecule has 1 amide bonds. The third-order valence-electron chi connectivity index (χ3n) is 7.30. The molecule has 1 aliphatic rings. The first-order valence-corrected chi connectivity index (χ1v) is 14.3. The molecule has 7 nitrogen and oxygen atoms in total. The summed E-state index contributed by atoms with van der Waals surface area (Å²) in [6.45, 7) is 3.06. The number of aryl methyl sites for hydroxylation is 1. The van der Waals surface area contributed by atoms with Crippen molar-refractivity contribution in [3.8, 4) is 5.75 Å². The van der Waals surface area contributed by atoms with Gasteiger partial charge in [-0.1, -0.05) is 49.4 Å². The highest BCUT2D eigenvalue weighted by atomic mass is 32.2. The lowest BCUT2D eigenvalue weighted by atomic mass is 9.99. The van der Waals surface area contributed by atoms with Gasteiger partial charge in [-0.05, 0) is 65.7 Å². The lowest BCUT2D eigenvalue weighted by Crippen LogP contribution is -2.48. The Bertz CT molecular complexity index is 1440. The summed E-state index contributed by atoms with van der Waals surface area (Å²) in [7, 11) is 3.69. The number of carbonyl (C=O) groups is 1. The molecule has 3 N–H and O–H groups in total. The predicted molar refractivity (Wildman–Crippen MR) is 159 cm³/mol. The third-order valence-corrected chi connectivity index (χ3v) is 8.28. The van der Waals surface area contributed by atoms with Gasteiger partial charge in [0.25, 0.3) is 5.91 Å². The van der Waals surface area contributed by atoms with E-state index in [0.717, 1.165) is 40.2 Å². The summed E-state index contributed by atoms with van der Waals surface area (Å²) in [5, 5.41) is 18.9. The van der Waals surface area contributed by atoms with Crippen LogP contribution in [-0.2, 0) is 25.3 Å². The summed E-state index contributed by atoms with van der Waals surface area (Å²) in [4.78, 5) is 13.7. The number of nitrogens with one attached hydrogen (secondary N) is 2. The van der Waals surface area contributed by atoms with Gasteiger partial charge in [0, 0.05) is 37.3 Å². The fourth-order valence-corrected chi connectivity index (χ4v) is 5.93. The number of rotatable bonds is 11. The molecule has 8 heteroatoms. The Balaban J connectivity index is 1.35. The van der Waals surface area contributed by atoms with E-state index < -0.39 is 12.1 Å². The zero-order chi connectivity index (χ0) is 27.4. The molecule has 0 bridgehead atoms. The Hall–Kier alpha value is -3.46. The van der Waals surface area contributed by atoms with Crippen molar-refractivity contribution < 1.29 is 14.6 Å². The summed E-state index contributed by atoms with van der Waals surface area (Å²) < 4.78 is 9.72. The van der Waals surface area contributed by atoms with E-state index in [0.29, 0.717) is 25.1 Å². The van der Waals surface area contributed by atoms with Crippen molar-refractivity contribution >= 4 is 34.4 Å². The molecule has 204 valence electrons. The highest BCUT2D eigenvalue weighted by Gasteiger charge is 2.26. The Morgan fingerprint density at radius 2 is 1.90 bits per heavy atom. The lowest BCUT2D eigenvalue weighted by molar-refractivity contribution is 0.0830. The number of hydrogen-bond donors (Lipinski definition) is 3. The van der Waals surface area contributed by atoms with Crippen LogP contribution in [0, 0.1) is 0 Å². The molecule has 0 unspecified atom stereocenters. The zero-order valence-corrected chi connectivity index (χ0v) is 23.5. The number of aromatic nitrogens is 1. The van der Waals surface area contributed by atoms with Gasteiger partial charge in [0.15, 0.2) is 0 Å². The second-order valence-electron chi connectivity index (χ2n) is 9.94. The number of aliphatic hydroxyl groups is 1. The van der Waals surface area contributed by atoms with Gasteiger partial charge in [0.2, 0.25) is 0 Å². The number of nitrogens with zero attached hydrogens (tertiary/aromatic N) is 2. The maximum absolute atomic E-state index is 13.7. The summed E-state index contributed by atoms with van der Waals surface area (Å²) in [5.74, 6) is 1.48. The van der Waals surface area contributed by atoms with Crippen molar-refractivity contribution in [3.05, 3.63) is 95.2 Å². The van der Waals surface area contributed by atoms with E-state index in [-0.39, 0.29) is 5.91 Å².